The monoisotopic (exact) mass is 846 g/mol. The van der Waals surface area contributed by atoms with E-state index in [1.807, 2.05) is 11.1 Å². The average Bonchev–Trinajstić information content (AvgIpc) is 4.09. The second kappa shape index (κ2) is 19.0. The van der Waals surface area contributed by atoms with Crippen molar-refractivity contribution in [1.82, 2.24) is 29.7 Å². The van der Waals surface area contributed by atoms with Crippen molar-refractivity contribution in [3.05, 3.63) is 71.4 Å². The summed E-state index contributed by atoms with van der Waals surface area (Å²) < 4.78 is 7.78. The molecule has 4 heterocycles. The number of aromatic amines is 2. The Bertz CT molecular complexity index is 2420. The number of ether oxygens (including phenoxy) is 2. The molecule has 4 amide bonds. The van der Waals surface area contributed by atoms with Gasteiger partial charge in [-0.3, -0.25) is 9.59 Å². The van der Waals surface area contributed by atoms with Gasteiger partial charge in [0.1, 0.15) is 11.6 Å². The van der Waals surface area contributed by atoms with Gasteiger partial charge in [-0.1, -0.05) is 64.4 Å². The van der Waals surface area contributed by atoms with Crippen molar-refractivity contribution in [2.24, 2.45) is 29.2 Å². The van der Waals surface area contributed by atoms with E-state index in [1.165, 1.54) is 60.3 Å². The van der Waals surface area contributed by atoms with E-state index in [1.54, 1.807) is 0 Å². The third-order valence-corrected chi connectivity index (χ3v) is 12.9. The zero-order valence-corrected chi connectivity index (χ0v) is 37.0. The van der Waals surface area contributed by atoms with Crippen LogP contribution < -0.4 is 11.5 Å². The molecule has 4 unspecified atom stereocenters. The van der Waals surface area contributed by atoms with Crippen LogP contribution in [0.2, 0.25) is 0 Å². The summed E-state index contributed by atoms with van der Waals surface area (Å²) in [6.07, 6.45) is 11.5. The van der Waals surface area contributed by atoms with Crippen molar-refractivity contribution in [1.29, 1.82) is 0 Å². The first-order valence-electron chi connectivity index (χ1n) is 22.2. The molecule has 4 atom stereocenters. The van der Waals surface area contributed by atoms with Crippen LogP contribution in [0.15, 0.2) is 48.7 Å². The molecule has 14 nitrogen and oxygen atoms in total. The quantitative estimate of drug-likeness (QED) is 0.119. The molecule has 2 aliphatic heterocycles. The number of fused-ring (bicyclic) bond motifs is 5. The van der Waals surface area contributed by atoms with Crippen LogP contribution in [-0.4, -0.2) is 80.5 Å². The van der Waals surface area contributed by atoms with E-state index >= 15 is 0 Å². The van der Waals surface area contributed by atoms with Gasteiger partial charge >= 0.3 is 12.2 Å². The molecule has 5 aromatic rings. The number of hydrogen-bond acceptors (Lipinski definition) is 8. The first-order valence-corrected chi connectivity index (χ1v) is 22.2. The number of nitrogens with zero attached hydrogens (tertiary/aromatic N) is 4. The number of rotatable bonds is 8. The number of primary amides is 2. The first-order chi connectivity index (χ1) is 29.8. The van der Waals surface area contributed by atoms with Crippen molar-refractivity contribution >= 4 is 45.8 Å². The fourth-order valence-corrected chi connectivity index (χ4v) is 10.2. The van der Waals surface area contributed by atoms with E-state index in [2.05, 4.69) is 106 Å². The molecule has 62 heavy (non-hydrogen) atoms. The topological polar surface area (TPSA) is 203 Å². The predicted octanol–water partition coefficient (Wildman–Crippen LogP) is 8.88. The predicted molar refractivity (Wildman–Crippen MR) is 240 cm³/mol. The van der Waals surface area contributed by atoms with Crippen LogP contribution in [-0.2, 0) is 31.9 Å². The minimum absolute atomic E-state index is 0.0177. The fourth-order valence-electron chi connectivity index (χ4n) is 10.2. The summed E-state index contributed by atoms with van der Waals surface area (Å²) in [7, 11) is 2.45. The number of methoxy groups -OCH3 is 2. The lowest BCUT2D eigenvalue weighted by atomic mass is 9.91. The molecule has 0 spiro atoms. The van der Waals surface area contributed by atoms with Crippen LogP contribution in [0.4, 0.5) is 9.59 Å². The van der Waals surface area contributed by atoms with Crippen molar-refractivity contribution in [3.63, 3.8) is 0 Å². The number of benzene rings is 3. The van der Waals surface area contributed by atoms with Gasteiger partial charge in [-0.05, 0) is 109 Å². The van der Waals surface area contributed by atoms with Crippen molar-refractivity contribution in [2.45, 2.75) is 116 Å². The Balaban J connectivity index is 0.000000522. The van der Waals surface area contributed by atoms with E-state index in [0.717, 1.165) is 85.3 Å². The van der Waals surface area contributed by atoms with Crippen molar-refractivity contribution in [2.75, 3.05) is 20.8 Å². The van der Waals surface area contributed by atoms with Gasteiger partial charge in [0, 0.05) is 36.4 Å². The smallest absolute Gasteiger partial charge is 0.404 e. The van der Waals surface area contributed by atoms with Crippen LogP contribution >= 0.6 is 0 Å². The second-order valence-electron chi connectivity index (χ2n) is 18.0. The number of nitrogens with one attached hydrogen (secondary N) is 2. The number of carbonyl (C=O) groups excluding carboxylic acids is 4. The van der Waals surface area contributed by atoms with Crippen LogP contribution in [0, 0.1) is 17.8 Å². The summed E-state index contributed by atoms with van der Waals surface area (Å²) in [6.45, 7) is 9.30. The fraction of sp³-hybridized carbons (Fsp3) is 0.500. The summed E-state index contributed by atoms with van der Waals surface area (Å²) in [5, 5.41) is 2.31. The summed E-state index contributed by atoms with van der Waals surface area (Å²) in [5.41, 5.74) is 18.6. The largest absolute Gasteiger partial charge is 0.453 e. The van der Waals surface area contributed by atoms with Crippen LogP contribution in [0.3, 0.4) is 0 Å². The molecule has 2 aromatic heterocycles. The number of nitrogens with two attached hydrogens (primary N) is 2. The Kier molecular flexibility index (Phi) is 13.5. The molecular formula is C48H62N8O6. The Morgan fingerprint density at radius 1 is 0.774 bits per heavy atom. The van der Waals surface area contributed by atoms with Gasteiger partial charge < -0.3 is 40.7 Å². The maximum Gasteiger partial charge on any atom is 0.404 e. The second-order valence-corrected chi connectivity index (χ2v) is 18.0. The molecule has 0 radical (unpaired) electrons. The Morgan fingerprint density at radius 2 is 1.45 bits per heavy atom. The molecule has 3 fully saturated rings. The minimum atomic E-state index is -0.745. The van der Waals surface area contributed by atoms with E-state index in [-0.39, 0.29) is 23.9 Å². The lowest BCUT2D eigenvalue weighted by molar-refractivity contribution is -0.135. The molecule has 14 heteroatoms. The van der Waals surface area contributed by atoms with Gasteiger partial charge in [0.15, 0.2) is 0 Å². The lowest BCUT2D eigenvalue weighted by Crippen LogP contribution is -2.38. The zero-order chi connectivity index (χ0) is 44.2. The molecule has 3 aromatic carbocycles. The molecule has 330 valence electrons. The highest BCUT2D eigenvalue weighted by atomic mass is 16.5. The summed E-state index contributed by atoms with van der Waals surface area (Å²) >= 11 is 0. The molecule has 9 rings (SSSR count). The molecular weight excluding hydrogens is 785 g/mol. The van der Waals surface area contributed by atoms with E-state index in [0.29, 0.717) is 36.6 Å². The normalized spacial score (nSPS) is 20.2. The van der Waals surface area contributed by atoms with E-state index in [4.69, 9.17) is 9.97 Å². The maximum absolute atomic E-state index is 13.5. The minimum Gasteiger partial charge on any atom is -0.453 e. The van der Waals surface area contributed by atoms with Gasteiger partial charge in [0.05, 0.1) is 49.2 Å². The van der Waals surface area contributed by atoms with Crippen LogP contribution in [0.5, 0.6) is 0 Å². The van der Waals surface area contributed by atoms with E-state index in [9.17, 15) is 19.2 Å². The molecule has 1 saturated carbocycles. The van der Waals surface area contributed by atoms with Gasteiger partial charge in [-0.15, -0.1) is 0 Å². The van der Waals surface area contributed by atoms with Gasteiger partial charge in [-0.2, -0.15) is 0 Å². The molecule has 4 aliphatic rings. The number of carbonyl (C=O) groups is 4. The highest BCUT2D eigenvalue weighted by molar-refractivity contribution is 6.05. The SMILES string of the molecule is CC(C)CC(=O)N1CCCC1c1nc2c(ccc3cc(-c4ccc(-c5cnc(C6CC7CCCC7N6C(=O)CC(C)C)[nH]5)c5c4CCC5)ccc32)[nH]1.COC(N)=O.COC(N)=O. The summed E-state index contributed by atoms with van der Waals surface area (Å²) in [6, 6.07) is 16.2. The Labute approximate surface area is 363 Å². The summed E-state index contributed by atoms with van der Waals surface area (Å²) in [5.74, 6) is 3.66. The van der Waals surface area contributed by atoms with Gasteiger partial charge in [0.2, 0.25) is 11.8 Å². The summed E-state index contributed by atoms with van der Waals surface area (Å²) in [4.78, 5) is 66.9. The maximum atomic E-state index is 13.5. The number of likely N-dealkylation sites (tertiary alicyclic amines) is 2. The number of imidazole rings is 2. The number of amides is 4. The van der Waals surface area contributed by atoms with Crippen LogP contribution in [0.1, 0.15) is 120 Å². The standard InChI is InChI=1S/C44H52N6O2.2C2H5NO2/c1-25(2)20-40(51)49-19-7-12-38(49)44-46-35-18-14-28-22-27(13-15-31(28)42(35)48-44)30-16-17-34(33-10-6-9-32(30)33)36-24-45-43(47-36)39-23-29-8-5-11-37(29)50(39)41(52)21-26(3)4;2*1-5-2(3)4/h13-18,22,24-26,29,37-39H,5-12,19-21,23H2,1-4H3,(H,45,47)(H,46,48);2*1H3,(H2,3,4). The number of hydrogen-bond donors (Lipinski definition) is 4. The Morgan fingerprint density at radius 3 is 2.15 bits per heavy atom. The number of H-pyrrole nitrogens is 2. The van der Waals surface area contributed by atoms with Crippen molar-refractivity contribution < 1.29 is 28.7 Å². The van der Waals surface area contributed by atoms with Crippen LogP contribution in [0.25, 0.3) is 44.2 Å². The zero-order valence-electron chi connectivity index (χ0n) is 37.0. The number of aromatic nitrogens is 4. The third-order valence-electron chi connectivity index (χ3n) is 12.9. The lowest BCUT2D eigenvalue weighted by Gasteiger charge is -2.29. The van der Waals surface area contributed by atoms with Gasteiger partial charge in [-0.25, -0.2) is 19.6 Å². The molecule has 2 aliphatic carbocycles. The average molecular weight is 847 g/mol. The third kappa shape index (κ3) is 9.29. The van der Waals surface area contributed by atoms with Crippen molar-refractivity contribution in [3.8, 4) is 22.4 Å². The molecule has 2 saturated heterocycles. The molecule has 0 bridgehead atoms. The first kappa shape index (κ1) is 44.1. The van der Waals surface area contributed by atoms with Gasteiger partial charge in [0.25, 0.3) is 0 Å². The highest BCUT2D eigenvalue weighted by Gasteiger charge is 2.47. The van der Waals surface area contributed by atoms with E-state index < -0.39 is 12.2 Å². The molecule has 6 N–H and O–H groups in total. The highest BCUT2D eigenvalue weighted by Crippen LogP contribution is 2.48. The Hall–Kier alpha value is -5.92.